The summed E-state index contributed by atoms with van der Waals surface area (Å²) in [6.45, 7) is 5.61. The highest BCUT2D eigenvalue weighted by molar-refractivity contribution is 6.30. The monoisotopic (exact) mass is 340 g/mol. The average molecular weight is 341 g/mol. The van der Waals surface area contributed by atoms with Gasteiger partial charge in [0, 0.05) is 12.1 Å². The van der Waals surface area contributed by atoms with Gasteiger partial charge in [0.15, 0.2) is 11.6 Å². The predicted octanol–water partition coefficient (Wildman–Crippen LogP) is 3.47. The lowest BCUT2D eigenvalue weighted by Crippen LogP contribution is -2.51. The van der Waals surface area contributed by atoms with Gasteiger partial charge in [0.05, 0.1) is 11.1 Å². The van der Waals surface area contributed by atoms with Gasteiger partial charge in [-0.2, -0.15) is 5.26 Å². The van der Waals surface area contributed by atoms with Crippen LogP contribution in [0.3, 0.4) is 0 Å². The maximum absolute atomic E-state index is 14.0. The highest BCUT2D eigenvalue weighted by Gasteiger charge is 2.47. The van der Waals surface area contributed by atoms with E-state index in [0.29, 0.717) is 12.8 Å². The Bertz CT molecular complexity index is 677. The number of nitrogens with zero attached hydrogens (tertiary/aromatic N) is 3. The molecule has 0 aliphatic heterocycles. The van der Waals surface area contributed by atoms with Crippen molar-refractivity contribution >= 4 is 23.5 Å². The number of nitriles is 1. The Kier molecular flexibility index (Phi) is 4.40. The van der Waals surface area contributed by atoms with Crippen LogP contribution in [0.2, 0.25) is 5.15 Å². The molecule has 1 amide bonds. The summed E-state index contributed by atoms with van der Waals surface area (Å²) < 4.78 is 14.0. The first-order chi connectivity index (χ1) is 10.6. The van der Waals surface area contributed by atoms with Crippen molar-refractivity contribution in [2.45, 2.75) is 44.7 Å². The van der Waals surface area contributed by atoms with Crippen molar-refractivity contribution in [1.29, 1.82) is 5.26 Å². The highest BCUT2D eigenvalue weighted by Crippen LogP contribution is 2.41. The molecule has 1 saturated carbocycles. The lowest BCUT2D eigenvalue weighted by Gasteiger charge is -2.36. The molecular weight excluding hydrogens is 323 g/mol. The molecule has 8 heteroatoms. The second kappa shape index (κ2) is 5.85. The number of aromatic nitrogens is 1. The number of hydrogen-bond donors (Lipinski definition) is 2. The first kappa shape index (κ1) is 17.3. The van der Waals surface area contributed by atoms with E-state index in [0.717, 1.165) is 6.07 Å². The standard InChI is InChI=1S/C15H18ClFN4O2/c1-14(2,3)21(13(22)23)8-15(4-5-15)20-12-10(17)6-9(7-18)11(16)19-12/h6H,4-5,8H2,1-3H3,(H,19,20)(H,22,23). The van der Waals surface area contributed by atoms with E-state index < -0.39 is 23.0 Å². The minimum absolute atomic E-state index is 0.0404. The zero-order valence-corrected chi connectivity index (χ0v) is 13.9. The molecule has 1 fully saturated rings. The summed E-state index contributed by atoms with van der Waals surface area (Å²) in [5, 5.41) is 21.1. The molecular formula is C15H18ClFN4O2. The number of carboxylic acid groups (broad SMARTS) is 1. The third-order valence-electron chi connectivity index (χ3n) is 3.79. The molecule has 1 aromatic heterocycles. The maximum Gasteiger partial charge on any atom is 0.407 e. The summed E-state index contributed by atoms with van der Waals surface area (Å²) in [5.74, 6) is -0.749. The molecule has 124 valence electrons. The lowest BCUT2D eigenvalue weighted by molar-refractivity contribution is 0.0955. The van der Waals surface area contributed by atoms with E-state index in [-0.39, 0.29) is 23.1 Å². The van der Waals surface area contributed by atoms with Crippen LogP contribution in [-0.4, -0.2) is 38.7 Å². The van der Waals surface area contributed by atoms with Gasteiger partial charge >= 0.3 is 6.09 Å². The molecule has 1 aliphatic carbocycles. The maximum atomic E-state index is 14.0. The number of rotatable bonds is 4. The smallest absolute Gasteiger partial charge is 0.407 e. The lowest BCUT2D eigenvalue weighted by atomic mass is 10.0. The van der Waals surface area contributed by atoms with Crippen LogP contribution < -0.4 is 5.32 Å². The quantitative estimate of drug-likeness (QED) is 0.819. The van der Waals surface area contributed by atoms with E-state index in [9.17, 15) is 14.3 Å². The Labute approximate surface area is 138 Å². The zero-order chi connectivity index (χ0) is 17.4. The van der Waals surface area contributed by atoms with Gasteiger partial charge in [-0.1, -0.05) is 11.6 Å². The van der Waals surface area contributed by atoms with Crippen LogP contribution in [-0.2, 0) is 0 Å². The summed E-state index contributed by atoms with van der Waals surface area (Å²) >= 11 is 5.83. The second-order valence-corrected chi connectivity index (χ2v) is 7.07. The number of carbonyl (C=O) groups is 1. The minimum atomic E-state index is -1.03. The van der Waals surface area contributed by atoms with Crippen molar-refractivity contribution in [3.8, 4) is 6.07 Å². The third kappa shape index (κ3) is 3.82. The van der Waals surface area contributed by atoms with Crippen LogP contribution >= 0.6 is 11.6 Å². The second-order valence-electron chi connectivity index (χ2n) is 6.71. The first-order valence-electron chi connectivity index (χ1n) is 7.13. The van der Waals surface area contributed by atoms with Crippen molar-refractivity contribution in [2.24, 2.45) is 0 Å². The van der Waals surface area contributed by atoms with Gasteiger partial charge in [-0.3, -0.25) is 0 Å². The first-order valence-corrected chi connectivity index (χ1v) is 7.51. The normalized spacial score (nSPS) is 15.7. The summed E-state index contributed by atoms with van der Waals surface area (Å²) in [7, 11) is 0. The molecule has 1 aliphatic rings. The molecule has 0 unspecified atom stereocenters. The van der Waals surface area contributed by atoms with E-state index in [1.165, 1.54) is 4.90 Å². The Morgan fingerprint density at radius 2 is 2.22 bits per heavy atom. The minimum Gasteiger partial charge on any atom is -0.465 e. The van der Waals surface area contributed by atoms with Crippen LogP contribution in [0.1, 0.15) is 39.2 Å². The highest BCUT2D eigenvalue weighted by atomic mass is 35.5. The van der Waals surface area contributed by atoms with Gasteiger partial charge in [-0.15, -0.1) is 0 Å². The van der Waals surface area contributed by atoms with Crippen molar-refractivity contribution in [1.82, 2.24) is 9.88 Å². The molecule has 0 saturated heterocycles. The van der Waals surface area contributed by atoms with E-state index in [1.807, 2.05) is 0 Å². The van der Waals surface area contributed by atoms with Gasteiger partial charge in [-0.25, -0.2) is 14.2 Å². The topological polar surface area (TPSA) is 89.3 Å². The molecule has 23 heavy (non-hydrogen) atoms. The molecule has 2 N–H and O–H groups in total. The molecule has 0 spiro atoms. The molecule has 0 atom stereocenters. The van der Waals surface area contributed by atoms with Crippen LogP contribution in [0.4, 0.5) is 15.0 Å². The predicted molar refractivity (Wildman–Crippen MR) is 84.0 cm³/mol. The van der Waals surface area contributed by atoms with Gasteiger partial charge in [-0.05, 0) is 39.7 Å². The third-order valence-corrected chi connectivity index (χ3v) is 4.08. The number of pyridine rings is 1. The fourth-order valence-electron chi connectivity index (χ4n) is 2.25. The van der Waals surface area contributed by atoms with E-state index in [4.69, 9.17) is 16.9 Å². The summed E-state index contributed by atoms with van der Waals surface area (Å²) in [5.41, 5.74) is -1.17. The fraction of sp³-hybridized carbons (Fsp3) is 0.533. The number of hydrogen-bond acceptors (Lipinski definition) is 4. The molecule has 0 aromatic carbocycles. The van der Waals surface area contributed by atoms with Crippen molar-refractivity contribution in [3.05, 3.63) is 22.6 Å². The van der Waals surface area contributed by atoms with Gasteiger partial charge < -0.3 is 15.3 Å². The van der Waals surface area contributed by atoms with Crippen molar-refractivity contribution in [2.75, 3.05) is 11.9 Å². The van der Waals surface area contributed by atoms with Crippen LogP contribution in [0.5, 0.6) is 0 Å². The van der Waals surface area contributed by atoms with E-state index in [2.05, 4.69) is 10.3 Å². The van der Waals surface area contributed by atoms with Crippen LogP contribution in [0.25, 0.3) is 0 Å². The Morgan fingerprint density at radius 3 is 2.65 bits per heavy atom. The molecule has 2 rings (SSSR count). The number of halogens is 2. The molecule has 0 bridgehead atoms. The Morgan fingerprint density at radius 1 is 1.61 bits per heavy atom. The largest absolute Gasteiger partial charge is 0.465 e. The SMILES string of the molecule is CC(C)(C)N(CC1(Nc2nc(Cl)c(C#N)cc2F)CC1)C(=O)O. The van der Waals surface area contributed by atoms with Crippen molar-refractivity contribution in [3.63, 3.8) is 0 Å². The Balaban J connectivity index is 2.22. The summed E-state index contributed by atoms with van der Waals surface area (Å²) in [6, 6.07) is 2.78. The number of nitrogens with one attached hydrogen (secondary N) is 1. The summed E-state index contributed by atoms with van der Waals surface area (Å²) in [4.78, 5) is 16.6. The van der Waals surface area contributed by atoms with Crippen LogP contribution in [0.15, 0.2) is 6.07 Å². The number of amides is 1. The molecule has 0 radical (unpaired) electrons. The van der Waals surface area contributed by atoms with Crippen molar-refractivity contribution < 1.29 is 14.3 Å². The molecule has 1 heterocycles. The van der Waals surface area contributed by atoms with E-state index in [1.54, 1.807) is 26.8 Å². The number of anilines is 1. The fourth-order valence-corrected chi connectivity index (χ4v) is 2.43. The summed E-state index contributed by atoms with van der Waals surface area (Å²) in [6.07, 6.45) is 0.369. The van der Waals surface area contributed by atoms with Crippen LogP contribution in [0, 0.1) is 17.1 Å². The molecule has 1 aromatic rings. The molecule has 6 nitrogen and oxygen atoms in total. The van der Waals surface area contributed by atoms with Gasteiger partial charge in [0.1, 0.15) is 11.2 Å². The van der Waals surface area contributed by atoms with Gasteiger partial charge in [0.2, 0.25) is 0 Å². The average Bonchev–Trinajstić information content (AvgIpc) is 3.18. The van der Waals surface area contributed by atoms with Gasteiger partial charge in [0.25, 0.3) is 0 Å². The van der Waals surface area contributed by atoms with E-state index >= 15 is 0 Å². The zero-order valence-electron chi connectivity index (χ0n) is 13.2. The Hall–Kier alpha value is -2.07.